The number of amides is 3. The Morgan fingerprint density at radius 3 is 2.25 bits per heavy atom. The van der Waals surface area contributed by atoms with E-state index in [-0.39, 0.29) is 17.7 Å². The highest BCUT2D eigenvalue weighted by atomic mass is 35.5. The van der Waals surface area contributed by atoms with Gasteiger partial charge in [0.05, 0.1) is 17.5 Å². The number of para-hydroxylation sites is 1. The molecule has 6 nitrogen and oxygen atoms in total. The summed E-state index contributed by atoms with van der Waals surface area (Å²) < 4.78 is 0. The minimum atomic E-state index is -1.32. The number of nitrogens with one attached hydrogen (secondary N) is 2. The van der Waals surface area contributed by atoms with Crippen LogP contribution < -0.4 is 15.5 Å². The zero-order chi connectivity index (χ0) is 22.0. The molecule has 3 heterocycles. The average molecular weight is 444 g/mol. The van der Waals surface area contributed by atoms with Crippen LogP contribution in [0.5, 0.6) is 0 Å². The van der Waals surface area contributed by atoms with E-state index in [0.717, 1.165) is 5.56 Å². The Morgan fingerprint density at radius 2 is 1.50 bits per heavy atom. The van der Waals surface area contributed by atoms with Crippen molar-refractivity contribution in [3.05, 3.63) is 95.0 Å². The number of imide groups is 1. The lowest BCUT2D eigenvalue weighted by Gasteiger charge is -2.29. The fraction of sp³-hybridized carbons (Fsp3) is 0.160. The van der Waals surface area contributed by atoms with E-state index in [9.17, 15) is 14.4 Å². The summed E-state index contributed by atoms with van der Waals surface area (Å²) in [5.74, 6) is -2.62. The topological polar surface area (TPSA) is 78.5 Å². The van der Waals surface area contributed by atoms with Gasteiger partial charge in [0.25, 0.3) is 0 Å². The largest absolute Gasteiger partial charge is 0.324 e. The first-order chi connectivity index (χ1) is 15.5. The first-order valence-corrected chi connectivity index (χ1v) is 10.8. The highest BCUT2D eigenvalue weighted by Gasteiger charge is 2.70. The molecule has 7 heteroatoms. The number of rotatable bonds is 2. The van der Waals surface area contributed by atoms with Gasteiger partial charge in [-0.2, -0.15) is 0 Å². The molecule has 2 fully saturated rings. The summed E-state index contributed by atoms with van der Waals surface area (Å²) in [7, 11) is 0. The summed E-state index contributed by atoms with van der Waals surface area (Å²) in [6.45, 7) is 0. The molecule has 2 saturated heterocycles. The van der Waals surface area contributed by atoms with Crippen LogP contribution in [-0.4, -0.2) is 17.7 Å². The van der Waals surface area contributed by atoms with Crippen LogP contribution in [0.2, 0.25) is 5.02 Å². The second-order valence-electron chi connectivity index (χ2n) is 8.33. The minimum absolute atomic E-state index is 0.314. The molecular formula is C25H18ClN3O3. The predicted octanol–water partition coefficient (Wildman–Crippen LogP) is 3.64. The number of fused-ring (bicyclic) bond motifs is 4. The maximum absolute atomic E-state index is 13.8. The van der Waals surface area contributed by atoms with Crippen LogP contribution in [0.4, 0.5) is 11.4 Å². The van der Waals surface area contributed by atoms with Crippen molar-refractivity contribution in [2.75, 3.05) is 10.2 Å². The molecule has 0 radical (unpaired) electrons. The smallest absolute Gasteiger partial charge is 0.250 e. The van der Waals surface area contributed by atoms with Gasteiger partial charge in [0.15, 0.2) is 0 Å². The van der Waals surface area contributed by atoms with Crippen LogP contribution >= 0.6 is 11.6 Å². The molecular weight excluding hydrogens is 426 g/mol. The Kier molecular flexibility index (Phi) is 4.06. The Morgan fingerprint density at radius 1 is 0.812 bits per heavy atom. The molecule has 0 unspecified atom stereocenters. The van der Waals surface area contributed by atoms with Crippen LogP contribution in [0.1, 0.15) is 17.2 Å². The molecule has 0 aromatic heterocycles. The molecule has 2 N–H and O–H groups in total. The van der Waals surface area contributed by atoms with Crippen molar-refractivity contribution >= 4 is 40.7 Å². The van der Waals surface area contributed by atoms with E-state index in [0.29, 0.717) is 22.0 Å². The molecule has 0 bridgehead atoms. The van der Waals surface area contributed by atoms with Crippen molar-refractivity contribution in [2.24, 2.45) is 11.8 Å². The third kappa shape index (κ3) is 2.42. The van der Waals surface area contributed by atoms with Crippen molar-refractivity contribution in [1.82, 2.24) is 5.32 Å². The van der Waals surface area contributed by atoms with E-state index in [1.165, 1.54) is 4.90 Å². The molecule has 0 saturated carbocycles. The van der Waals surface area contributed by atoms with Crippen molar-refractivity contribution in [2.45, 2.75) is 11.6 Å². The summed E-state index contributed by atoms with van der Waals surface area (Å²) in [4.78, 5) is 42.2. The molecule has 1 spiro atoms. The van der Waals surface area contributed by atoms with E-state index in [4.69, 9.17) is 11.6 Å². The quantitative estimate of drug-likeness (QED) is 0.593. The summed E-state index contributed by atoms with van der Waals surface area (Å²) in [5, 5.41) is 6.85. The number of benzene rings is 3. The van der Waals surface area contributed by atoms with Crippen molar-refractivity contribution in [1.29, 1.82) is 0 Å². The van der Waals surface area contributed by atoms with Gasteiger partial charge in [-0.05, 0) is 35.9 Å². The summed E-state index contributed by atoms with van der Waals surface area (Å²) in [6, 6.07) is 22.9. The normalized spacial score (nSPS) is 28.2. The predicted molar refractivity (Wildman–Crippen MR) is 120 cm³/mol. The van der Waals surface area contributed by atoms with Gasteiger partial charge in [-0.25, -0.2) is 4.90 Å². The first-order valence-electron chi connectivity index (χ1n) is 10.4. The Balaban J connectivity index is 1.55. The van der Waals surface area contributed by atoms with Gasteiger partial charge in [-0.3, -0.25) is 19.7 Å². The van der Waals surface area contributed by atoms with Crippen LogP contribution in [0, 0.1) is 11.8 Å². The number of anilines is 2. The first kappa shape index (κ1) is 19.2. The van der Waals surface area contributed by atoms with E-state index in [1.807, 2.05) is 54.6 Å². The van der Waals surface area contributed by atoms with Crippen LogP contribution in [0.3, 0.4) is 0 Å². The second-order valence-corrected chi connectivity index (χ2v) is 8.77. The maximum Gasteiger partial charge on any atom is 0.250 e. The number of nitrogens with zero attached hydrogens (tertiary/aromatic N) is 1. The van der Waals surface area contributed by atoms with E-state index in [2.05, 4.69) is 10.6 Å². The lowest BCUT2D eigenvalue weighted by Crippen LogP contribution is -2.52. The lowest BCUT2D eigenvalue weighted by molar-refractivity contribution is -0.130. The fourth-order valence-corrected chi connectivity index (χ4v) is 5.56. The molecule has 158 valence electrons. The summed E-state index contributed by atoms with van der Waals surface area (Å²) in [5.41, 5.74) is 1.33. The van der Waals surface area contributed by atoms with Crippen LogP contribution in [-0.2, 0) is 19.9 Å². The average Bonchev–Trinajstić information content (AvgIpc) is 3.40. The van der Waals surface area contributed by atoms with Crippen LogP contribution in [0.25, 0.3) is 0 Å². The third-order valence-corrected chi connectivity index (χ3v) is 7.01. The Labute approximate surface area is 189 Å². The second kappa shape index (κ2) is 6.76. The molecule has 3 aromatic rings. The van der Waals surface area contributed by atoms with E-state index in [1.54, 1.807) is 24.3 Å². The van der Waals surface area contributed by atoms with Gasteiger partial charge in [-0.1, -0.05) is 60.1 Å². The van der Waals surface area contributed by atoms with Gasteiger partial charge in [0.1, 0.15) is 5.54 Å². The number of carbonyl (C=O) groups excluding carboxylic acids is 3. The SMILES string of the molecule is O=C1[C@@H]2[C@H](c3ccccc3)N[C@@]3(C(=O)Nc4ccccc43)[C@H]2C(=O)N1c1ccc(Cl)cc1. The zero-order valence-corrected chi connectivity index (χ0v) is 17.5. The zero-order valence-electron chi connectivity index (χ0n) is 16.8. The highest BCUT2D eigenvalue weighted by Crippen LogP contribution is 2.56. The lowest BCUT2D eigenvalue weighted by atomic mass is 9.76. The number of hydrogen-bond acceptors (Lipinski definition) is 4. The molecule has 3 aromatic carbocycles. The van der Waals surface area contributed by atoms with Crippen LogP contribution in [0.15, 0.2) is 78.9 Å². The molecule has 3 aliphatic heterocycles. The minimum Gasteiger partial charge on any atom is -0.324 e. The number of carbonyl (C=O) groups is 3. The number of halogens is 1. The number of hydrogen-bond donors (Lipinski definition) is 2. The molecule has 4 atom stereocenters. The molecule has 32 heavy (non-hydrogen) atoms. The molecule has 6 rings (SSSR count). The van der Waals surface area contributed by atoms with E-state index < -0.39 is 23.4 Å². The van der Waals surface area contributed by atoms with Gasteiger partial charge in [0, 0.05) is 22.3 Å². The van der Waals surface area contributed by atoms with Gasteiger partial charge < -0.3 is 5.32 Å². The van der Waals surface area contributed by atoms with Crippen molar-refractivity contribution in [3.63, 3.8) is 0 Å². The monoisotopic (exact) mass is 443 g/mol. The molecule has 0 aliphatic carbocycles. The Hall–Kier alpha value is -3.48. The van der Waals surface area contributed by atoms with Gasteiger partial charge >= 0.3 is 0 Å². The van der Waals surface area contributed by atoms with Gasteiger partial charge in [-0.15, -0.1) is 0 Å². The summed E-state index contributed by atoms with van der Waals surface area (Å²) in [6.07, 6.45) is 0. The highest BCUT2D eigenvalue weighted by molar-refractivity contribution is 6.31. The Bertz CT molecular complexity index is 1280. The fourth-order valence-electron chi connectivity index (χ4n) is 5.43. The van der Waals surface area contributed by atoms with Crippen molar-refractivity contribution < 1.29 is 14.4 Å². The van der Waals surface area contributed by atoms with Gasteiger partial charge in [0.2, 0.25) is 17.7 Å². The van der Waals surface area contributed by atoms with E-state index >= 15 is 0 Å². The molecule has 3 aliphatic rings. The third-order valence-electron chi connectivity index (χ3n) is 6.76. The molecule has 3 amide bonds. The van der Waals surface area contributed by atoms with Crippen molar-refractivity contribution in [3.8, 4) is 0 Å². The maximum atomic E-state index is 13.8. The standard InChI is InChI=1S/C25H18ClN3O3/c26-15-10-12-16(13-11-15)29-22(30)19-20(23(29)31)25(28-21(19)14-6-2-1-3-7-14)17-8-4-5-9-18(17)27-24(25)32/h1-13,19-21,28H,(H,27,32)/t19-,20+,21-,25+/m0/s1. The summed E-state index contributed by atoms with van der Waals surface area (Å²) >= 11 is 6.01.